The van der Waals surface area contributed by atoms with Gasteiger partial charge in [0.05, 0.1) is 27.2 Å². The number of carbonyl (C=O) groups excluding carboxylic acids is 2. The highest BCUT2D eigenvalue weighted by Crippen LogP contribution is 2.38. The van der Waals surface area contributed by atoms with E-state index >= 15 is 0 Å². The average Bonchev–Trinajstić information content (AvgIpc) is 3.23. The highest BCUT2D eigenvalue weighted by Gasteiger charge is 2.36. The van der Waals surface area contributed by atoms with Crippen molar-refractivity contribution in [2.45, 2.75) is 6.54 Å². The van der Waals surface area contributed by atoms with Crippen LogP contribution in [0.5, 0.6) is 28.7 Å². The SMILES string of the molecule is COc1cc(CNC(=O)C2CN(C(=O)c3ccc4c(c3)OCO4)C2)cc(OC)c1OC. The van der Waals surface area contributed by atoms with E-state index in [1.807, 2.05) is 0 Å². The van der Waals surface area contributed by atoms with E-state index in [1.165, 1.54) is 7.11 Å². The van der Waals surface area contributed by atoms with Crippen molar-refractivity contribution in [1.82, 2.24) is 10.2 Å². The highest BCUT2D eigenvalue weighted by atomic mass is 16.7. The van der Waals surface area contributed by atoms with Crippen LogP contribution in [-0.4, -0.2) is 57.9 Å². The minimum absolute atomic E-state index is 0.108. The van der Waals surface area contributed by atoms with E-state index in [2.05, 4.69) is 5.32 Å². The number of carbonyl (C=O) groups is 2. The van der Waals surface area contributed by atoms with E-state index in [0.29, 0.717) is 53.9 Å². The van der Waals surface area contributed by atoms with Gasteiger partial charge >= 0.3 is 0 Å². The summed E-state index contributed by atoms with van der Waals surface area (Å²) in [4.78, 5) is 26.8. The molecule has 164 valence electrons. The van der Waals surface area contributed by atoms with Crippen LogP contribution in [0.3, 0.4) is 0 Å². The summed E-state index contributed by atoms with van der Waals surface area (Å²) in [7, 11) is 4.62. The summed E-state index contributed by atoms with van der Waals surface area (Å²) in [6.45, 7) is 1.20. The standard InChI is InChI=1S/C22H24N2O7/c1-27-18-6-13(7-19(28-2)20(18)29-3)9-23-21(25)15-10-24(11-15)22(26)14-4-5-16-17(8-14)31-12-30-16/h4-8,15H,9-12H2,1-3H3,(H,23,25). The van der Waals surface area contributed by atoms with Gasteiger partial charge < -0.3 is 33.9 Å². The second-order valence-corrected chi connectivity index (χ2v) is 7.23. The molecule has 9 heteroatoms. The van der Waals surface area contributed by atoms with Gasteiger partial charge in [-0.3, -0.25) is 9.59 Å². The van der Waals surface area contributed by atoms with Crippen LogP contribution >= 0.6 is 0 Å². The van der Waals surface area contributed by atoms with Crippen LogP contribution in [0.1, 0.15) is 15.9 Å². The van der Waals surface area contributed by atoms with Crippen LogP contribution in [-0.2, 0) is 11.3 Å². The number of methoxy groups -OCH3 is 3. The molecule has 4 rings (SSSR count). The van der Waals surface area contributed by atoms with Crippen molar-refractivity contribution in [2.24, 2.45) is 5.92 Å². The molecule has 0 aromatic heterocycles. The maximum Gasteiger partial charge on any atom is 0.254 e. The predicted octanol–water partition coefficient (Wildman–Crippen LogP) is 1.83. The van der Waals surface area contributed by atoms with Gasteiger partial charge in [0.2, 0.25) is 18.4 Å². The fraction of sp³-hybridized carbons (Fsp3) is 0.364. The largest absolute Gasteiger partial charge is 0.493 e. The maximum atomic E-state index is 12.6. The Labute approximate surface area is 179 Å². The number of nitrogens with one attached hydrogen (secondary N) is 1. The number of nitrogens with zero attached hydrogens (tertiary/aromatic N) is 1. The zero-order valence-electron chi connectivity index (χ0n) is 17.6. The van der Waals surface area contributed by atoms with Gasteiger partial charge in [-0.25, -0.2) is 0 Å². The summed E-state index contributed by atoms with van der Waals surface area (Å²) in [5.41, 5.74) is 1.33. The Morgan fingerprint density at radius 2 is 1.68 bits per heavy atom. The third kappa shape index (κ3) is 4.03. The van der Waals surface area contributed by atoms with Crippen LogP contribution in [0.15, 0.2) is 30.3 Å². The molecule has 1 fully saturated rings. The Morgan fingerprint density at radius 3 is 2.32 bits per heavy atom. The Hall–Kier alpha value is -3.62. The van der Waals surface area contributed by atoms with Gasteiger partial charge in [0, 0.05) is 25.2 Å². The topological polar surface area (TPSA) is 95.6 Å². The summed E-state index contributed by atoms with van der Waals surface area (Å²) in [5, 5.41) is 2.91. The van der Waals surface area contributed by atoms with Gasteiger partial charge in [-0.1, -0.05) is 0 Å². The van der Waals surface area contributed by atoms with Crippen molar-refractivity contribution >= 4 is 11.8 Å². The smallest absolute Gasteiger partial charge is 0.254 e. The molecular formula is C22H24N2O7. The number of hydrogen-bond donors (Lipinski definition) is 1. The van der Waals surface area contributed by atoms with Gasteiger partial charge in [0.15, 0.2) is 23.0 Å². The highest BCUT2D eigenvalue weighted by molar-refractivity contribution is 5.96. The lowest BCUT2D eigenvalue weighted by atomic mass is 9.97. The molecule has 2 aliphatic heterocycles. The van der Waals surface area contributed by atoms with Crippen molar-refractivity contribution in [2.75, 3.05) is 41.2 Å². The summed E-state index contributed by atoms with van der Waals surface area (Å²) in [5.74, 6) is 2.24. The number of fused-ring (bicyclic) bond motifs is 1. The van der Waals surface area contributed by atoms with Crippen LogP contribution in [0.2, 0.25) is 0 Å². The van der Waals surface area contributed by atoms with E-state index in [-0.39, 0.29) is 24.5 Å². The zero-order valence-corrected chi connectivity index (χ0v) is 17.6. The number of ether oxygens (including phenoxy) is 5. The molecule has 2 heterocycles. The minimum atomic E-state index is -0.250. The van der Waals surface area contributed by atoms with E-state index < -0.39 is 0 Å². The third-order valence-corrected chi connectivity index (χ3v) is 5.35. The first-order valence-electron chi connectivity index (χ1n) is 9.79. The van der Waals surface area contributed by atoms with E-state index in [9.17, 15) is 9.59 Å². The normalized spacial score (nSPS) is 14.6. The summed E-state index contributed by atoms with van der Waals surface area (Å²) in [6, 6.07) is 8.67. The monoisotopic (exact) mass is 428 g/mol. The average molecular weight is 428 g/mol. The molecule has 2 aromatic rings. The Morgan fingerprint density at radius 1 is 1.00 bits per heavy atom. The quantitative estimate of drug-likeness (QED) is 0.719. The van der Waals surface area contributed by atoms with E-state index in [4.69, 9.17) is 23.7 Å². The molecule has 31 heavy (non-hydrogen) atoms. The Kier molecular flexibility index (Phi) is 5.75. The maximum absolute atomic E-state index is 12.6. The van der Waals surface area contributed by atoms with E-state index in [1.54, 1.807) is 49.5 Å². The molecule has 0 spiro atoms. The molecule has 9 nitrogen and oxygen atoms in total. The van der Waals surface area contributed by atoms with Gasteiger partial charge in [-0.15, -0.1) is 0 Å². The summed E-state index contributed by atoms with van der Waals surface area (Å²) in [6.07, 6.45) is 0. The second-order valence-electron chi connectivity index (χ2n) is 7.23. The minimum Gasteiger partial charge on any atom is -0.493 e. The zero-order chi connectivity index (χ0) is 22.0. The molecule has 0 unspecified atom stereocenters. The fourth-order valence-electron chi connectivity index (χ4n) is 3.59. The van der Waals surface area contributed by atoms with E-state index in [0.717, 1.165) is 5.56 Å². The first kappa shape index (κ1) is 20.6. The van der Waals surface area contributed by atoms with Gasteiger partial charge in [-0.2, -0.15) is 0 Å². The predicted molar refractivity (Wildman–Crippen MR) is 110 cm³/mol. The lowest BCUT2D eigenvalue weighted by molar-refractivity contribution is -0.129. The molecule has 1 saturated heterocycles. The van der Waals surface area contributed by atoms with Crippen LogP contribution in [0.25, 0.3) is 0 Å². The van der Waals surface area contributed by atoms with Crippen LogP contribution in [0.4, 0.5) is 0 Å². The number of hydrogen-bond acceptors (Lipinski definition) is 7. The van der Waals surface area contributed by atoms with Crippen molar-refractivity contribution in [1.29, 1.82) is 0 Å². The number of amides is 2. The molecule has 2 amide bonds. The van der Waals surface area contributed by atoms with Crippen molar-refractivity contribution in [3.63, 3.8) is 0 Å². The number of likely N-dealkylation sites (tertiary alicyclic amines) is 1. The molecule has 2 aromatic carbocycles. The number of benzene rings is 2. The molecule has 0 atom stereocenters. The number of rotatable bonds is 7. The Balaban J connectivity index is 1.32. The molecule has 0 bridgehead atoms. The van der Waals surface area contributed by atoms with Crippen LogP contribution in [0, 0.1) is 5.92 Å². The molecule has 0 saturated carbocycles. The fourth-order valence-corrected chi connectivity index (χ4v) is 3.59. The van der Waals surface area contributed by atoms with Crippen molar-refractivity contribution in [3.05, 3.63) is 41.5 Å². The van der Waals surface area contributed by atoms with Crippen LogP contribution < -0.4 is 29.0 Å². The first-order chi connectivity index (χ1) is 15.0. The lowest BCUT2D eigenvalue weighted by Gasteiger charge is -2.38. The van der Waals surface area contributed by atoms with Gasteiger partial charge in [0.1, 0.15) is 0 Å². The molecule has 1 N–H and O–H groups in total. The van der Waals surface area contributed by atoms with Gasteiger partial charge in [0.25, 0.3) is 5.91 Å². The summed E-state index contributed by atoms with van der Waals surface area (Å²) >= 11 is 0. The summed E-state index contributed by atoms with van der Waals surface area (Å²) < 4.78 is 26.6. The first-order valence-corrected chi connectivity index (χ1v) is 9.79. The Bertz CT molecular complexity index is 976. The van der Waals surface area contributed by atoms with Crippen molar-refractivity contribution < 1.29 is 33.3 Å². The lowest BCUT2D eigenvalue weighted by Crippen LogP contribution is -2.55. The molecule has 0 radical (unpaired) electrons. The molecule has 2 aliphatic rings. The third-order valence-electron chi connectivity index (χ3n) is 5.35. The molecular weight excluding hydrogens is 404 g/mol. The van der Waals surface area contributed by atoms with Gasteiger partial charge in [-0.05, 0) is 35.9 Å². The molecule has 0 aliphatic carbocycles. The van der Waals surface area contributed by atoms with Crippen molar-refractivity contribution in [3.8, 4) is 28.7 Å². The second kappa shape index (κ2) is 8.63.